The second-order valence-electron chi connectivity index (χ2n) is 5.50. The molecule has 2 unspecified atom stereocenters. The molecule has 3 N–H and O–H groups in total. The number of nitrogens with two attached hydrogens (primary N) is 1. The van der Waals surface area contributed by atoms with Crippen molar-refractivity contribution < 1.29 is 5.11 Å². The largest absolute Gasteiger partial charge is 0.508 e. The van der Waals surface area contributed by atoms with Crippen molar-refractivity contribution in [3.05, 3.63) is 29.8 Å². The van der Waals surface area contributed by atoms with Gasteiger partial charge in [0.1, 0.15) is 5.75 Å². The summed E-state index contributed by atoms with van der Waals surface area (Å²) in [6, 6.07) is 8.28. The third-order valence-corrected chi connectivity index (χ3v) is 4.24. The molecule has 0 saturated carbocycles. The molecule has 2 atom stereocenters. The van der Waals surface area contributed by atoms with Gasteiger partial charge >= 0.3 is 0 Å². The highest BCUT2D eigenvalue weighted by Gasteiger charge is 2.25. The van der Waals surface area contributed by atoms with Crippen LogP contribution in [0.5, 0.6) is 5.75 Å². The fraction of sp³-hybridized carbons (Fsp3) is 0.600. The van der Waals surface area contributed by atoms with Crippen molar-refractivity contribution in [2.75, 3.05) is 13.1 Å². The van der Waals surface area contributed by atoms with Crippen LogP contribution in [0.2, 0.25) is 0 Å². The molecule has 1 saturated heterocycles. The molecule has 0 bridgehead atoms. The average molecular weight is 248 g/mol. The summed E-state index contributed by atoms with van der Waals surface area (Å²) in [5.41, 5.74) is 7.24. The minimum absolute atomic E-state index is 0.316. The van der Waals surface area contributed by atoms with Gasteiger partial charge in [0, 0.05) is 12.1 Å². The number of hydrogen-bond acceptors (Lipinski definition) is 3. The Hall–Kier alpha value is -1.06. The van der Waals surface area contributed by atoms with Crippen LogP contribution in [0.15, 0.2) is 24.3 Å². The highest BCUT2D eigenvalue weighted by atomic mass is 16.3. The van der Waals surface area contributed by atoms with Gasteiger partial charge in [-0.3, -0.25) is 4.90 Å². The van der Waals surface area contributed by atoms with Crippen molar-refractivity contribution in [2.24, 2.45) is 11.7 Å². The molecule has 2 rings (SSSR count). The van der Waals surface area contributed by atoms with Gasteiger partial charge in [0.2, 0.25) is 0 Å². The molecule has 1 aliphatic rings. The van der Waals surface area contributed by atoms with Crippen molar-refractivity contribution >= 4 is 0 Å². The molecule has 1 fully saturated rings. The zero-order chi connectivity index (χ0) is 13.1. The number of hydrogen-bond donors (Lipinski definition) is 2. The number of likely N-dealkylation sites (tertiary alicyclic amines) is 1. The minimum atomic E-state index is 0.316. The number of piperidine rings is 1. The van der Waals surface area contributed by atoms with Crippen molar-refractivity contribution in [1.29, 1.82) is 0 Å². The van der Waals surface area contributed by atoms with E-state index in [1.54, 1.807) is 12.1 Å². The highest BCUT2D eigenvalue weighted by Crippen LogP contribution is 2.28. The zero-order valence-corrected chi connectivity index (χ0v) is 11.3. The molecule has 1 aromatic rings. The first kappa shape index (κ1) is 13.4. The average Bonchev–Trinajstić information content (AvgIpc) is 2.39. The number of nitrogens with zero attached hydrogens (tertiary/aromatic N) is 1. The lowest BCUT2D eigenvalue weighted by molar-refractivity contribution is 0.132. The highest BCUT2D eigenvalue weighted by molar-refractivity contribution is 5.27. The first-order chi connectivity index (χ1) is 8.58. The monoisotopic (exact) mass is 248 g/mol. The van der Waals surface area contributed by atoms with Crippen LogP contribution in [0.4, 0.5) is 0 Å². The molecule has 1 aromatic carbocycles. The number of aromatic hydroxyl groups is 1. The number of phenolic OH excluding ortho intramolecular Hbond substituents is 1. The van der Waals surface area contributed by atoms with Crippen LogP contribution in [0, 0.1) is 5.92 Å². The van der Waals surface area contributed by atoms with Gasteiger partial charge < -0.3 is 10.8 Å². The molecule has 1 aliphatic heterocycles. The van der Waals surface area contributed by atoms with Crippen LogP contribution in [-0.2, 0) is 0 Å². The summed E-state index contributed by atoms with van der Waals surface area (Å²) in [7, 11) is 0. The number of benzene rings is 1. The van der Waals surface area contributed by atoms with E-state index < -0.39 is 0 Å². The van der Waals surface area contributed by atoms with Gasteiger partial charge in [-0.15, -0.1) is 0 Å². The zero-order valence-electron chi connectivity index (χ0n) is 11.3. The molecular weight excluding hydrogens is 224 g/mol. The Kier molecular flexibility index (Phi) is 4.25. The molecule has 100 valence electrons. The van der Waals surface area contributed by atoms with Crippen LogP contribution in [-0.4, -0.2) is 29.1 Å². The van der Waals surface area contributed by atoms with Crippen LogP contribution >= 0.6 is 0 Å². The maximum Gasteiger partial charge on any atom is 0.115 e. The van der Waals surface area contributed by atoms with Crippen LogP contribution in [0.25, 0.3) is 0 Å². The van der Waals surface area contributed by atoms with E-state index in [2.05, 4.69) is 18.7 Å². The summed E-state index contributed by atoms with van der Waals surface area (Å²) in [4.78, 5) is 2.51. The van der Waals surface area contributed by atoms with E-state index in [1.165, 1.54) is 18.4 Å². The summed E-state index contributed by atoms with van der Waals surface area (Å²) in [5.74, 6) is 1.01. The second-order valence-corrected chi connectivity index (χ2v) is 5.50. The van der Waals surface area contributed by atoms with Crippen molar-refractivity contribution in [1.82, 2.24) is 4.90 Å². The summed E-state index contributed by atoms with van der Waals surface area (Å²) < 4.78 is 0. The molecule has 0 aromatic heterocycles. The Morgan fingerprint density at radius 2 is 1.72 bits per heavy atom. The maximum absolute atomic E-state index is 9.32. The third-order valence-electron chi connectivity index (χ3n) is 4.24. The fourth-order valence-electron chi connectivity index (χ4n) is 2.80. The van der Waals surface area contributed by atoms with E-state index in [0.29, 0.717) is 23.8 Å². The molecule has 0 spiro atoms. The van der Waals surface area contributed by atoms with Gasteiger partial charge in [-0.1, -0.05) is 12.1 Å². The molecular formula is C15H24N2O. The van der Waals surface area contributed by atoms with Crippen LogP contribution < -0.4 is 5.73 Å². The van der Waals surface area contributed by atoms with Crippen molar-refractivity contribution in [3.63, 3.8) is 0 Å². The third kappa shape index (κ3) is 3.03. The lowest BCUT2D eigenvalue weighted by Crippen LogP contribution is -2.40. The smallest absolute Gasteiger partial charge is 0.115 e. The van der Waals surface area contributed by atoms with Gasteiger partial charge in [-0.2, -0.15) is 0 Å². The molecule has 18 heavy (non-hydrogen) atoms. The topological polar surface area (TPSA) is 49.5 Å². The Morgan fingerprint density at radius 3 is 2.22 bits per heavy atom. The Bertz CT molecular complexity index is 367. The molecule has 0 radical (unpaired) electrons. The van der Waals surface area contributed by atoms with E-state index in [4.69, 9.17) is 5.73 Å². The fourth-order valence-corrected chi connectivity index (χ4v) is 2.80. The first-order valence-corrected chi connectivity index (χ1v) is 6.86. The van der Waals surface area contributed by atoms with Crippen LogP contribution in [0.1, 0.15) is 38.3 Å². The summed E-state index contributed by atoms with van der Waals surface area (Å²) in [6.07, 6.45) is 2.39. The molecule has 0 aliphatic carbocycles. The van der Waals surface area contributed by atoms with E-state index in [9.17, 15) is 5.11 Å². The molecule has 1 heterocycles. The summed E-state index contributed by atoms with van der Waals surface area (Å²) >= 11 is 0. The van der Waals surface area contributed by atoms with E-state index in [-0.39, 0.29) is 0 Å². The normalized spacial score (nSPS) is 21.7. The lowest BCUT2D eigenvalue weighted by Gasteiger charge is -2.37. The number of rotatable bonds is 3. The van der Waals surface area contributed by atoms with E-state index >= 15 is 0 Å². The molecule has 3 heteroatoms. The Morgan fingerprint density at radius 1 is 1.17 bits per heavy atom. The standard InChI is InChI=1S/C15H24N2O/c1-11(16)13-7-9-17(10-8-13)12(2)14-3-5-15(18)6-4-14/h3-6,11-13,18H,7-10,16H2,1-2H3. The van der Waals surface area contributed by atoms with Gasteiger partial charge in [0.15, 0.2) is 0 Å². The van der Waals surface area contributed by atoms with Gasteiger partial charge in [-0.25, -0.2) is 0 Å². The maximum atomic E-state index is 9.32. The first-order valence-electron chi connectivity index (χ1n) is 6.86. The number of phenols is 1. The van der Waals surface area contributed by atoms with Gasteiger partial charge in [-0.05, 0) is 63.4 Å². The predicted octanol–water partition coefficient (Wildman–Crippen LogP) is 2.51. The SMILES string of the molecule is CC(N)C1CCN(C(C)c2ccc(O)cc2)CC1. The van der Waals surface area contributed by atoms with E-state index in [0.717, 1.165) is 13.1 Å². The predicted molar refractivity (Wildman–Crippen MR) is 74.5 cm³/mol. The van der Waals surface area contributed by atoms with Gasteiger partial charge in [0.25, 0.3) is 0 Å². The van der Waals surface area contributed by atoms with Gasteiger partial charge in [0.05, 0.1) is 0 Å². The molecule has 0 amide bonds. The minimum Gasteiger partial charge on any atom is -0.508 e. The van der Waals surface area contributed by atoms with Crippen molar-refractivity contribution in [2.45, 2.75) is 38.8 Å². The second kappa shape index (κ2) is 5.72. The Balaban J connectivity index is 1.95. The van der Waals surface area contributed by atoms with E-state index in [1.807, 2.05) is 12.1 Å². The molecule has 3 nitrogen and oxygen atoms in total. The van der Waals surface area contributed by atoms with Crippen molar-refractivity contribution in [3.8, 4) is 5.75 Å². The Labute approximate surface area is 110 Å². The quantitative estimate of drug-likeness (QED) is 0.864. The lowest BCUT2D eigenvalue weighted by atomic mass is 9.90. The summed E-state index contributed by atoms with van der Waals surface area (Å²) in [5, 5.41) is 9.32. The summed E-state index contributed by atoms with van der Waals surface area (Å²) in [6.45, 7) is 6.59. The van der Waals surface area contributed by atoms with Crippen LogP contribution in [0.3, 0.4) is 0 Å².